The lowest BCUT2D eigenvalue weighted by Gasteiger charge is -2.47. The third-order valence-corrected chi connectivity index (χ3v) is 5.70. The Morgan fingerprint density at radius 1 is 1.32 bits per heavy atom. The fraction of sp³-hybridized carbons (Fsp3) is 0.722. The minimum Gasteiger partial charge on any atom is -0.444 e. The van der Waals surface area contributed by atoms with Crippen molar-refractivity contribution in [2.75, 3.05) is 13.6 Å². The lowest BCUT2D eigenvalue weighted by atomic mass is 9.72. The first kappa shape index (κ1) is 18.4. The minimum absolute atomic E-state index is 0.0592. The molecule has 2 heterocycles. The third-order valence-electron chi connectivity index (χ3n) is 5.52. The van der Waals surface area contributed by atoms with Gasteiger partial charge in [0.25, 0.3) is 0 Å². The smallest absolute Gasteiger partial charge is 0.412 e. The van der Waals surface area contributed by atoms with Crippen LogP contribution in [0.5, 0.6) is 0 Å². The Bertz CT molecular complexity index is 655. The number of nitrogens with one attached hydrogen (secondary N) is 1. The zero-order valence-electron chi connectivity index (χ0n) is 15.4. The highest BCUT2D eigenvalue weighted by Crippen LogP contribution is 2.58. The number of aromatic nitrogens is 2. The Balaban J connectivity index is 2.10. The fourth-order valence-electron chi connectivity index (χ4n) is 4.64. The van der Waals surface area contributed by atoms with Crippen molar-refractivity contribution in [3.8, 4) is 0 Å². The quantitative estimate of drug-likeness (QED) is 0.808. The normalized spacial score (nSPS) is 25.6. The summed E-state index contributed by atoms with van der Waals surface area (Å²) in [7, 11) is 1.89. The predicted octanol–water partition coefficient (Wildman–Crippen LogP) is 3.70. The lowest BCUT2D eigenvalue weighted by Crippen LogP contribution is -2.61. The summed E-state index contributed by atoms with van der Waals surface area (Å²) >= 11 is 6.09. The molecule has 1 aliphatic heterocycles. The maximum Gasteiger partial charge on any atom is 0.412 e. The molecule has 1 N–H and O–H groups in total. The number of nitrogens with zero attached hydrogens (tertiary/aromatic N) is 3. The molecule has 1 atom stereocenters. The van der Waals surface area contributed by atoms with Gasteiger partial charge < -0.3 is 4.74 Å². The molecule has 0 bridgehead atoms. The number of rotatable bonds is 2. The number of hydrogen-bond acceptors (Lipinski definition) is 5. The van der Waals surface area contributed by atoms with Crippen molar-refractivity contribution in [3.05, 3.63) is 23.2 Å². The molecule has 2 aliphatic rings. The van der Waals surface area contributed by atoms with Gasteiger partial charge in [-0.3, -0.25) is 10.2 Å². The molecule has 1 saturated heterocycles. The molecule has 1 saturated carbocycles. The van der Waals surface area contributed by atoms with Gasteiger partial charge in [-0.15, -0.1) is 0 Å². The summed E-state index contributed by atoms with van der Waals surface area (Å²) in [5, 5.41) is 3.64. The van der Waals surface area contributed by atoms with Crippen molar-refractivity contribution in [1.29, 1.82) is 0 Å². The average molecular weight is 367 g/mol. The van der Waals surface area contributed by atoms with E-state index >= 15 is 0 Å². The second-order valence-electron chi connectivity index (χ2n) is 8.04. The molecule has 6 nitrogen and oxygen atoms in total. The average Bonchev–Trinajstić information content (AvgIpc) is 3.12. The second kappa shape index (κ2) is 6.40. The van der Waals surface area contributed by atoms with E-state index in [-0.39, 0.29) is 16.8 Å². The molecule has 2 fully saturated rings. The molecule has 0 radical (unpaired) electrons. The number of amides is 1. The van der Waals surface area contributed by atoms with Gasteiger partial charge in [-0.05, 0) is 64.7 Å². The topological polar surface area (TPSA) is 67.4 Å². The second-order valence-corrected chi connectivity index (χ2v) is 8.38. The molecule has 3 rings (SSSR count). The molecule has 1 aromatic rings. The summed E-state index contributed by atoms with van der Waals surface area (Å²) in [5.41, 5.74) is -0.597. The molecule has 7 heteroatoms. The molecule has 1 unspecified atom stereocenters. The van der Waals surface area contributed by atoms with E-state index in [1.807, 2.05) is 38.8 Å². The summed E-state index contributed by atoms with van der Waals surface area (Å²) in [6.45, 7) is 6.29. The van der Waals surface area contributed by atoms with Crippen LogP contribution in [0.2, 0.25) is 5.28 Å². The summed E-state index contributed by atoms with van der Waals surface area (Å²) in [6, 6.07) is 1.85. The maximum atomic E-state index is 13.0. The van der Waals surface area contributed by atoms with Crippen molar-refractivity contribution in [2.24, 2.45) is 5.41 Å². The Kier molecular flexibility index (Phi) is 4.71. The number of hydrogen-bond donors (Lipinski definition) is 1. The highest BCUT2D eigenvalue weighted by atomic mass is 35.5. The van der Waals surface area contributed by atoms with Gasteiger partial charge in [0, 0.05) is 18.2 Å². The van der Waals surface area contributed by atoms with Gasteiger partial charge in [-0.2, -0.15) is 0 Å². The van der Waals surface area contributed by atoms with E-state index in [9.17, 15) is 4.79 Å². The van der Waals surface area contributed by atoms with E-state index in [4.69, 9.17) is 16.3 Å². The summed E-state index contributed by atoms with van der Waals surface area (Å²) < 4.78 is 5.70. The predicted molar refractivity (Wildman–Crippen MR) is 96.2 cm³/mol. The molecule has 25 heavy (non-hydrogen) atoms. The number of ether oxygens (including phenoxy) is 1. The van der Waals surface area contributed by atoms with Gasteiger partial charge in [0.15, 0.2) is 0 Å². The van der Waals surface area contributed by atoms with Crippen LogP contribution >= 0.6 is 11.6 Å². The molecule has 0 aromatic carbocycles. The van der Waals surface area contributed by atoms with Crippen molar-refractivity contribution >= 4 is 17.7 Å². The van der Waals surface area contributed by atoms with Gasteiger partial charge >= 0.3 is 6.09 Å². The Morgan fingerprint density at radius 3 is 2.56 bits per heavy atom. The van der Waals surface area contributed by atoms with E-state index in [2.05, 4.69) is 15.3 Å². The molecular formula is C18H27ClN4O2. The Labute approximate surface area is 154 Å². The van der Waals surface area contributed by atoms with Crippen LogP contribution in [0.1, 0.15) is 58.6 Å². The van der Waals surface area contributed by atoms with E-state index in [1.165, 1.54) is 0 Å². The van der Waals surface area contributed by atoms with Crippen LogP contribution in [0.15, 0.2) is 12.3 Å². The Hall–Kier alpha value is -1.40. The SMILES string of the molecule is CNC1(c2ccnc(Cl)n2)N(C(=O)OC(C)(C)C)CCC12CCCC2. The third kappa shape index (κ3) is 2.99. The zero-order valence-corrected chi connectivity index (χ0v) is 16.2. The van der Waals surface area contributed by atoms with Gasteiger partial charge in [0.05, 0.1) is 5.69 Å². The van der Waals surface area contributed by atoms with Crippen LogP contribution in [0.25, 0.3) is 0 Å². The van der Waals surface area contributed by atoms with Crippen LogP contribution in [-0.4, -0.2) is 40.2 Å². The standard InChI is InChI=1S/C18H27ClN4O2/c1-16(2,3)25-15(24)23-12-10-17(8-5-6-9-17)18(23,20-4)13-7-11-21-14(19)22-13/h7,11,20H,5-6,8-10,12H2,1-4H3. The summed E-state index contributed by atoms with van der Waals surface area (Å²) in [4.78, 5) is 23.3. The van der Waals surface area contributed by atoms with Crippen LogP contribution in [-0.2, 0) is 10.4 Å². The Morgan fingerprint density at radius 2 is 2.00 bits per heavy atom. The lowest BCUT2D eigenvalue weighted by molar-refractivity contribution is -0.0303. The first-order valence-corrected chi connectivity index (χ1v) is 9.30. The summed E-state index contributed by atoms with van der Waals surface area (Å²) in [5.74, 6) is 0. The van der Waals surface area contributed by atoms with E-state index in [0.29, 0.717) is 6.54 Å². The zero-order chi connectivity index (χ0) is 18.3. The maximum absolute atomic E-state index is 13.0. The van der Waals surface area contributed by atoms with Crippen LogP contribution in [0.3, 0.4) is 0 Å². The van der Waals surface area contributed by atoms with Crippen LogP contribution < -0.4 is 5.32 Å². The number of carbonyl (C=O) groups excluding carboxylic acids is 1. The molecular weight excluding hydrogens is 340 g/mol. The number of carbonyl (C=O) groups is 1. The molecule has 1 aromatic heterocycles. The fourth-order valence-corrected chi connectivity index (χ4v) is 4.79. The summed E-state index contributed by atoms with van der Waals surface area (Å²) in [6.07, 6.45) is 6.67. The highest BCUT2D eigenvalue weighted by molar-refractivity contribution is 6.28. The monoisotopic (exact) mass is 366 g/mol. The molecule has 1 aliphatic carbocycles. The molecule has 1 amide bonds. The van der Waals surface area contributed by atoms with Gasteiger partial charge in [0.2, 0.25) is 5.28 Å². The number of likely N-dealkylation sites (tertiary alicyclic amines) is 1. The van der Waals surface area contributed by atoms with E-state index in [1.54, 1.807) is 6.20 Å². The molecule has 1 spiro atoms. The van der Waals surface area contributed by atoms with E-state index in [0.717, 1.165) is 37.8 Å². The number of halogens is 1. The minimum atomic E-state index is -0.724. The molecule has 138 valence electrons. The van der Waals surface area contributed by atoms with Crippen LogP contribution in [0, 0.1) is 5.41 Å². The van der Waals surface area contributed by atoms with Gasteiger partial charge in [-0.25, -0.2) is 14.8 Å². The van der Waals surface area contributed by atoms with Crippen LogP contribution in [0.4, 0.5) is 4.79 Å². The first-order valence-electron chi connectivity index (χ1n) is 8.93. The van der Waals surface area contributed by atoms with Crippen molar-refractivity contribution in [3.63, 3.8) is 0 Å². The van der Waals surface area contributed by atoms with Crippen molar-refractivity contribution in [1.82, 2.24) is 20.2 Å². The first-order chi connectivity index (χ1) is 11.7. The largest absolute Gasteiger partial charge is 0.444 e. The van der Waals surface area contributed by atoms with Gasteiger partial charge in [0.1, 0.15) is 11.3 Å². The van der Waals surface area contributed by atoms with Crippen molar-refractivity contribution < 1.29 is 9.53 Å². The van der Waals surface area contributed by atoms with Crippen molar-refractivity contribution in [2.45, 2.75) is 64.1 Å². The van der Waals surface area contributed by atoms with Gasteiger partial charge in [-0.1, -0.05) is 12.8 Å². The van der Waals surface area contributed by atoms with E-state index < -0.39 is 11.3 Å². The highest BCUT2D eigenvalue weighted by Gasteiger charge is 2.63.